The summed E-state index contributed by atoms with van der Waals surface area (Å²) >= 11 is 0. The fourth-order valence-corrected chi connectivity index (χ4v) is 3.52. The Bertz CT molecular complexity index is 973. The molecule has 0 spiro atoms. The van der Waals surface area contributed by atoms with Gasteiger partial charge in [-0.05, 0) is 0 Å². The summed E-state index contributed by atoms with van der Waals surface area (Å²) in [5.41, 5.74) is -2.11. The maximum atomic E-state index is 13.5. The van der Waals surface area contributed by atoms with Crippen LogP contribution >= 0.6 is 0 Å². The van der Waals surface area contributed by atoms with Crippen molar-refractivity contribution in [2.75, 3.05) is 0 Å². The van der Waals surface area contributed by atoms with Crippen molar-refractivity contribution in [3.63, 3.8) is 0 Å². The first-order valence-electron chi connectivity index (χ1n) is 5.18. The number of rotatable bonds is 4. The normalized spacial score (nSPS) is 13.1. The Morgan fingerprint density at radius 2 is 1.15 bits per heavy atom. The van der Waals surface area contributed by atoms with Crippen molar-refractivity contribution in [2.45, 2.75) is 15.4 Å². The first-order chi connectivity index (χ1) is 11.0. The Hall–Kier alpha value is -1.39. The van der Waals surface area contributed by atoms with E-state index in [-0.39, 0.29) is 18.9 Å². The van der Waals surface area contributed by atoms with Crippen LogP contribution in [0.4, 0.5) is 35.1 Å². The molecule has 0 fully saturated rings. The zero-order valence-corrected chi connectivity index (χ0v) is 13.5. The molecule has 0 amide bonds. The minimum absolute atomic E-state index is 0. The third kappa shape index (κ3) is 3.18. The van der Waals surface area contributed by atoms with Crippen molar-refractivity contribution in [1.82, 2.24) is 0 Å². The van der Waals surface area contributed by atoms with Gasteiger partial charge in [0.15, 0.2) is 38.3 Å². The molecule has 0 aliphatic carbocycles. The molecular formula is C9F8LiNO5S2. The van der Waals surface area contributed by atoms with Gasteiger partial charge in [-0.25, -0.2) is 34.4 Å². The summed E-state index contributed by atoms with van der Waals surface area (Å²) in [5, 5.41) is -5.74. The zero-order chi connectivity index (χ0) is 20.2. The van der Waals surface area contributed by atoms with Gasteiger partial charge in [-0.3, -0.25) is 0 Å². The molecule has 0 atom stereocenters. The van der Waals surface area contributed by atoms with E-state index in [9.17, 15) is 56.5 Å². The number of sulfone groups is 1. The van der Waals surface area contributed by atoms with Crippen LogP contribution in [0, 0.1) is 34.6 Å². The first kappa shape index (κ1) is 24.6. The number of halogens is 8. The summed E-state index contributed by atoms with van der Waals surface area (Å²) in [5.74, 6) is -12.1. The van der Waals surface area contributed by atoms with Gasteiger partial charge in [0.2, 0.25) is 0 Å². The molecule has 1 rings (SSSR count). The molecule has 0 heterocycles. The zero-order valence-electron chi connectivity index (χ0n) is 11.8. The third-order valence-corrected chi connectivity index (χ3v) is 5.43. The van der Waals surface area contributed by atoms with Crippen molar-refractivity contribution in [3.05, 3.63) is 28.8 Å². The molecule has 0 N–H and O–H groups in total. The average molecular weight is 425 g/mol. The molecule has 0 saturated carbocycles. The van der Waals surface area contributed by atoms with Crippen LogP contribution < -0.4 is 18.9 Å². The number of benzene rings is 1. The fraction of sp³-hybridized carbons (Fsp3) is 0.222. The molecule has 6 nitrogen and oxygen atoms in total. The summed E-state index contributed by atoms with van der Waals surface area (Å²) in [4.78, 5) is -3.32. The van der Waals surface area contributed by atoms with Crippen molar-refractivity contribution >= 4 is 20.0 Å². The second-order valence-corrected chi connectivity index (χ2v) is 7.41. The molecule has 1 aromatic rings. The molecule has 0 saturated heterocycles. The molecule has 0 radical (unpaired) electrons. The van der Waals surface area contributed by atoms with Crippen LogP contribution in [0.25, 0.3) is 0 Å². The SMILES string of the molecule is N#Cc1c(F)c(F)c(S(=O)(=O)C(F)(F)C(F)(F)S(=O)(=O)[O-])c(F)c1F.[Li+]. The van der Waals surface area contributed by atoms with Gasteiger partial charge in [-0.2, -0.15) is 22.8 Å². The molecule has 0 unspecified atom stereocenters. The van der Waals surface area contributed by atoms with E-state index < -0.39 is 64.2 Å². The Morgan fingerprint density at radius 1 is 0.808 bits per heavy atom. The van der Waals surface area contributed by atoms with Crippen molar-refractivity contribution in [2.24, 2.45) is 0 Å². The summed E-state index contributed by atoms with van der Waals surface area (Å²) in [6, 6.07) is 0.511. The van der Waals surface area contributed by atoms with Crippen molar-refractivity contribution in [1.29, 1.82) is 5.26 Å². The van der Waals surface area contributed by atoms with E-state index >= 15 is 0 Å². The van der Waals surface area contributed by atoms with E-state index in [2.05, 4.69) is 0 Å². The first-order valence-corrected chi connectivity index (χ1v) is 8.07. The number of hydrogen-bond donors (Lipinski definition) is 0. The number of hydrogen-bond acceptors (Lipinski definition) is 6. The second-order valence-electron chi connectivity index (χ2n) is 4.06. The molecule has 26 heavy (non-hydrogen) atoms. The van der Waals surface area contributed by atoms with Gasteiger partial charge in [0.05, 0.1) is 0 Å². The molecule has 0 aromatic heterocycles. The Morgan fingerprint density at radius 3 is 1.42 bits per heavy atom. The Kier molecular flexibility index (Phi) is 6.60. The fourth-order valence-electron chi connectivity index (χ4n) is 1.38. The van der Waals surface area contributed by atoms with Crippen LogP contribution in [0.3, 0.4) is 0 Å². The van der Waals surface area contributed by atoms with Gasteiger partial charge < -0.3 is 4.55 Å². The molecule has 0 bridgehead atoms. The van der Waals surface area contributed by atoms with Gasteiger partial charge in [-0.1, -0.05) is 0 Å². The predicted molar refractivity (Wildman–Crippen MR) is 57.8 cm³/mol. The summed E-state index contributed by atoms with van der Waals surface area (Å²) in [6.45, 7) is 0. The van der Waals surface area contributed by atoms with Crippen LogP contribution in [0.15, 0.2) is 4.90 Å². The molecule has 140 valence electrons. The van der Waals surface area contributed by atoms with Gasteiger partial charge in [0.1, 0.15) is 11.6 Å². The second kappa shape index (κ2) is 6.97. The van der Waals surface area contributed by atoms with E-state index in [0.717, 1.165) is 0 Å². The quantitative estimate of drug-likeness (QED) is 0.254. The third-order valence-electron chi connectivity index (χ3n) is 2.59. The van der Waals surface area contributed by atoms with Crippen LogP contribution in [0.1, 0.15) is 5.56 Å². The smallest absolute Gasteiger partial charge is 0.743 e. The number of nitriles is 1. The van der Waals surface area contributed by atoms with E-state index in [1.807, 2.05) is 0 Å². The van der Waals surface area contributed by atoms with E-state index in [1.54, 1.807) is 0 Å². The predicted octanol–water partition coefficient (Wildman–Crippen LogP) is -1.38. The van der Waals surface area contributed by atoms with Crippen LogP contribution in [0.5, 0.6) is 0 Å². The number of alkyl halides is 4. The topological polar surface area (TPSA) is 115 Å². The monoisotopic (exact) mass is 425 g/mol. The molecule has 17 heteroatoms. The van der Waals surface area contributed by atoms with Crippen LogP contribution in [-0.2, 0) is 20.0 Å². The minimum atomic E-state index is -7.51. The van der Waals surface area contributed by atoms with Gasteiger partial charge >= 0.3 is 29.4 Å². The Labute approximate surface area is 151 Å². The van der Waals surface area contributed by atoms with E-state index in [4.69, 9.17) is 5.26 Å². The van der Waals surface area contributed by atoms with E-state index in [1.165, 1.54) is 0 Å². The molecule has 1 aromatic carbocycles. The Balaban J connectivity index is 0.00000625. The maximum Gasteiger partial charge on any atom is 1.00 e. The van der Waals surface area contributed by atoms with Gasteiger partial charge in [-0.15, -0.1) is 0 Å². The van der Waals surface area contributed by atoms with Crippen molar-refractivity contribution in [3.8, 4) is 6.07 Å². The number of nitrogens with zero attached hydrogens (tertiary/aromatic N) is 1. The maximum absolute atomic E-state index is 13.5. The van der Waals surface area contributed by atoms with E-state index in [0.29, 0.717) is 6.07 Å². The molecular weight excluding hydrogens is 425 g/mol. The minimum Gasteiger partial charge on any atom is -0.743 e. The summed E-state index contributed by atoms with van der Waals surface area (Å²) < 4.78 is 159. The average Bonchev–Trinajstić information content (AvgIpc) is 2.44. The van der Waals surface area contributed by atoms with Crippen LogP contribution in [0.2, 0.25) is 0 Å². The van der Waals surface area contributed by atoms with Gasteiger partial charge in [0.25, 0.3) is 9.84 Å². The molecule has 0 aliphatic heterocycles. The molecule has 0 aliphatic rings. The summed E-state index contributed by atoms with van der Waals surface area (Å²) in [6.07, 6.45) is 0. The summed E-state index contributed by atoms with van der Waals surface area (Å²) in [7, 11) is -14.9. The van der Waals surface area contributed by atoms with Crippen molar-refractivity contribution < 1.29 is 75.4 Å². The van der Waals surface area contributed by atoms with Crippen LogP contribution in [-0.4, -0.2) is 31.9 Å². The largest absolute Gasteiger partial charge is 1.00 e. The standard InChI is InChI=1S/C9HF8NO5S2.Li/c10-3-2(1-18)4(11)6(13)7(5(3)12)24(19,20)8(14,15)9(16,17)25(21,22)23;/h(H,21,22,23);/q;+1/p-1. The van der Waals surface area contributed by atoms with Gasteiger partial charge in [0, 0.05) is 0 Å².